The van der Waals surface area contributed by atoms with Crippen molar-refractivity contribution < 1.29 is 17.2 Å². The third-order valence-electron chi connectivity index (χ3n) is 3.45. The first-order valence-corrected chi connectivity index (χ1v) is 7.70. The number of halogens is 2. The molecule has 0 spiro atoms. The number of nitrogens with two attached hydrogens (primary N) is 1. The van der Waals surface area contributed by atoms with Gasteiger partial charge in [-0.15, -0.1) is 0 Å². The zero-order valence-electron chi connectivity index (χ0n) is 10.9. The fraction of sp³-hybridized carbons (Fsp3) is 0.143. The number of hydrogen-bond acceptors (Lipinski definition) is 3. The molecule has 0 amide bonds. The van der Waals surface area contributed by atoms with Crippen LogP contribution in [0.15, 0.2) is 41.3 Å². The number of para-hydroxylation sites is 1. The molecule has 1 aliphatic rings. The van der Waals surface area contributed by atoms with Gasteiger partial charge in [-0.25, -0.2) is 17.2 Å². The summed E-state index contributed by atoms with van der Waals surface area (Å²) in [5, 5.41) is 0. The largest absolute Gasteiger partial charge is 0.397 e. The summed E-state index contributed by atoms with van der Waals surface area (Å²) in [5.41, 5.74) is 7.25. The van der Waals surface area contributed by atoms with Crippen LogP contribution in [0.3, 0.4) is 0 Å². The Morgan fingerprint density at radius 2 is 1.90 bits per heavy atom. The summed E-state index contributed by atoms with van der Waals surface area (Å²) < 4.78 is 53.3. The van der Waals surface area contributed by atoms with Crippen molar-refractivity contribution in [2.45, 2.75) is 11.3 Å². The van der Waals surface area contributed by atoms with Gasteiger partial charge < -0.3 is 5.73 Å². The second-order valence-electron chi connectivity index (χ2n) is 4.76. The third kappa shape index (κ3) is 2.13. The van der Waals surface area contributed by atoms with Crippen LogP contribution in [0, 0.1) is 11.6 Å². The van der Waals surface area contributed by atoms with Gasteiger partial charge in [-0.05, 0) is 36.2 Å². The summed E-state index contributed by atoms with van der Waals surface area (Å²) in [7, 11) is -4.19. The molecule has 0 saturated heterocycles. The highest BCUT2D eigenvalue weighted by atomic mass is 32.2. The van der Waals surface area contributed by atoms with Crippen LogP contribution in [0.25, 0.3) is 0 Å². The molecule has 1 heterocycles. The summed E-state index contributed by atoms with van der Waals surface area (Å²) in [6.07, 6.45) is 0.483. The number of rotatable bonds is 2. The molecule has 3 rings (SSSR count). The number of sulfonamides is 1. The van der Waals surface area contributed by atoms with E-state index in [0.29, 0.717) is 23.9 Å². The van der Waals surface area contributed by atoms with Crippen LogP contribution in [0.5, 0.6) is 0 Å². The zero-order chi connectivity index (χ0) is 15.2. The molecule has 1 aliphatic heterocycles. The van der Waals surface area contributed by atoms with Crippen LogP contribution in [0.4, 0.5) is 20.2 Å². The molecule has 7 heteroatoms. The first-order chi connectivity index (χ1) is 9.91. The second-order valence-corrected chi connectivity index (χ2v) is 6.59. The summed E-state index contributed by atoms with van der Waals surface area (Å²) in [6.45, 7) is 0.155. The monoisotopic (exact) mass is 310 g/mol. The van der Waals surface area contributed by atoms with E-state index in [9.17, 15) is 17.2 Å². The molecular formula is C14H12F2N2O2S. The molecule has 2 aromatic rings. The molecule has 110 valence electrons. The number of benzene rings is 2. The summed E-state index contributed by atoms with van der Waals surface area (Å²) >= 11 is 0. The van der Waals surface area contributed by atoms with Crippen molar-refractivity contribution in [2.75, 3.05) is 16.6 Å². The Labute approximate surface area is 120 Å². The predicted octanol–water partition coefficient (Wildman–Crippen LogP) is 2.30. The number of anilines is 2. The van der Waals surface area contributed by atoms with Crippen molar-refractivity contribution in [2.24, 2.45) is 0 Å². The number of nitrogens with zero attached hydrogens (tertiary/aromatic N) is 1. The quantitative estimate of drug-likeness (QED) is 0.866. The second kappa shape index (κ2) is 4.70. The van der Waals surface area contributed by atoms with Crippen LogP contribution in [0.1, 0.15) is 5.56 Å². The molecule has 0 aromatic heterocycles. The molecule has 0 aliphatic carbocycles. The minimum atomic E-state index is -4.19. The number of fused-ring (bicyclic) bond motifs is 1. The van der Waals surface area contributed by atoms with Gasteiger partial charge in [-0.1, -0.05) is 12.1 Å². The summed E-state index contributed by atoms with van der Waals surface area (Å²) in [4.78, 5) is -0.682. The maximum Gasteiger partial charge on any atom is 0.267 e. The Hall–Kier alpha value is -2.15. The minimum absolute atomic E-state index is 0.155. The van der Waals surface area contributed by atoms with Crippen molar-refractivity contribution in [1.82, 2.24) is 0 Å². The summed E-state index contributed by atoms with van der Waals surface area (Å²) in [6, 6.07) is 7.43. The van der Waals surface area contributed by atoms with Crippen LogP contribution < -0.4 is 10.0 Å². The lowest BCUT2D eigenvalue weighted by atomic mass is 10.1. The van der Waals surface area contributed by atoms with Crippen LogP contribution >= 0.6 is 0 Å². The predicted molar refractivity (Wildman–Crippen MR) is 75.4 cm³/mol. The fourth-order valence-electron chi connectivity index (χ4n) is 2.48. The Balaban J connectivity index is 2.16. The van der Waals surface area contributed by atoms with E-state index in [-0.39, 0.29) is 6.54 Å². The van der Waals surface area contributed by atoms with E-state index in [4.69, 9.17) is 5.73 Å². The van der Waals surface area contributed by atoms with Gasteiger partial charge >= 0.3 is 0 Å². The lowest BCUT2D eigenvalue weighted by Gasteiger charge is -2.21. The lowest BCUT2D eigenvalue weighted by Crippen LogP contribution is -2.30. The van der Waals surface area contributed by atoms with Gasteiger partial charge in [-0.2, -0.15) is 0 Å². The van der Waals surface area contributed by atoms with Gasteiger partial charge in [0.2, 0.25) is 0 Å². The van der Waals surface area contributed by atoms with Gasteiger partial charge in [0.25, 0.3) is 10.0 Å². The van der Waals surface area contributed by atoms with E-state index in [0.717, 1.165) is 22.0 Å². The van der Waals surface area contributed by atoms with E-state index in [2.05, 4.69) is 0 Å². The van der Waals surface area contributed by atoms with E-state index < -0.39 is 26.6 Å². The molecule has 2 aromatic carbocycles. The van der Waals surface area contributed by atoms with E-state index in [1.807, 2.05) is 0 Å². The smallest absolute Gasteiger partial charge is 0.267 e. The summed E-state index contributed by atoms with van der Waals surface area (Å²) in [5.74, 6) is -1.80. The average Bonchev–Trinajstić information content (AvgIpc) is 2.87. The number of nitrogen functional groups attached to an aromatic ring is 1. The normalized spacial score (nSPS) is 14.3. The highest BCUT2D eigenvalue weighted by molar-refractivity contribution is 7.92. The van der Waals surface area contributed by atoms with Crippen LogP contribution in [0.2, 0.25) is 0 Å². The number of hydrogen-bond donors (Lipinski definition) is 1. The lowest BCUT2D eigenvalue weighted by molar-refractivity contribution is 0.551. The van der Waals surface area contributed by atoms with Crippen LogP contribution in [-0.2, 0) is 16.4 Å². The average molecular weight is 310 g/mol. The Morgan fingerprint density at radius 1 is 1.14 bits per heavy atom. The van der Waals surface area contributed by atoms with E-state index >= 15 is 0 Å². The molecular weight excluding hydrogens is 298 g/mol. The molecule has 0 bridgehead atoms. The van der Waals surface area contributed by atoms with Crippen molar-refractivity contribution in [1.29, 1.82) is 0 Å². The molecule has 0 atom stereocenters. The van der Waals surface area contributed by atoms with Gasteiger partial charge in [0.1, 0.15) is 16.5 Å². The van der Waals surface area contributed by atoms with Crippen molar-refractivity contribution in [3.8, 4) is 0 Å². The van der Waals surface area contributed by atoms with Gasteiger partial charge in [0.15, 0.2) is 0 Å². The highest BCUT2D eigenvalue weighted by Gasteiger charge is 2.34. The minimum Gasteiger partial charge on any atom is -0.397 e. The Bertz CT molecular complexity index is 822. The first kappa shape index (κ1) is 13.8. The van der Waals surface area contributed by atoms with Crippen molar-refractivity contribution in [3.63, 3.8) is 0 Å². The van der Waals surface area contributed by atoms with Crippen molar-refractivity contribution >= 4 is 21.4 Å². The molecule has 21 heavy (non-hydrogen) atoms. The Morgan fingerprint density at radius 3 is 2.67 bits per heavy atom. The Kier molecular flexibility index (Phi) is 3.09. The highest BCUT2D eigenvalue weighted by Crippen LogP contribution is 2.37. The maximum atomic E-state index is 13.8. The van der Waals surface area contributed by atoms with E-state index in [1.54, 1.807) is 18.2 Å². The standard InChI is InChI=1S/C14H12F2N2O2S/c15-10-4-5-11(16)13(8-10)21(19,20)18-7-6-9-2-1-3-12(17)14(9)18/h1-5,8H,6-7,17H2. The maximum absolute atomic E-state index is 13.8. The molecule has 0 fully saturated rings. The SMILES string of the molecule is Nc1cccc2c1N(S(=O)(=O)c1cc(F)ccc1F)CC2. The fourth-order valence-corrected chi connectivity index (χ4v) is 4.09. The van der Waals surface area contributed by atoms with Gasteiger partial charge in [0, 0.05) is 6.54 Å². The molecule has 0 radical (unpaired) electrons. The van der Waals surface area contributed by atoms with Gasteiger partial charge in [-0.3, -0.25) is 4.31 Å². The molecule has 2 N–H and O–H groups in total. The first-order valence-electron chi connectivity index (χ1n) is 6.26. The third-order valence-corrected chi connectivity index (χ3v) is 5.26. The molecule has 0 saturated carbocycles. The topological polar surface area (TPSA) is 63.4 Å². The zero-order valence-corrected chi connectivity index (χ0v) is 11.7. The molecule has 4 nitrogen and oxygen atoms in total. The van der Waals surface area contributed by atoms with E-state index in [1.165, 1.54) is 0 Å². The van der Waals surface area contributed by atoms with Crippen LogP contribution in [-0.4, -0.2) is 15.0 Å². The van der Waals surface area contributed by atoms with Gasteiger partial charge in [0.05, 0.1) is 11.4 Å². The molecule has 0 unspecified atom stereocenters. The van der Waals surface area contributed by atoms with Crippen molar-refractivity contribution in [3.05, 3.63) is 53.6 Å².